The third-order valence-corrected chi connectivity index (χ3v) is 4.56. The first-order valence-electron chi connectivity index (χ1n) is 6.34. The zero-order chi connectivity index (χ0) is 13.5. The molecular weight excluding hydrogens is 262 g/mol. The molecule has 0 radical (unpaired) electrons. The fourth-order valence-electron chi connectivity index (χ4n) is 2.35. The number of thiophene rings is 1. The first kappa shape index (κ1) is 12.8. The maximum absolute atomic E-state index is 6.11. The van der Waals surface area contributed by atoms with E-state index in [0.717, 1.165) is 11.3 Å². The summed E-state index contributed by atoms with van der Waals surface area (Å²) in [6.45, 7) is 2.19. The summed E-state index contributed by atoms with van der Waals surface area (Å²) in [5.41, 5.74) is 6.80. The molecule has 0 saturated heterocycles. The van der Waals surface area contributed by atoms with E-state index in [-0.39, 0.29) is 0 Å². The van der Waals surface area contributed by atoms with Gasteiger partial charge in [-0.05, 0) is 37.8 Å². The maximum atomic E-state index is 6.11. The normalized spacial score (nSPS) is 17.4. The van der Waals surface area contributed by atoms with Gasteiger partial charge in [-0.3, -0.25) is 0 Å². The summed E-state index contributed by atoms with van der Waals surface area (Å²) in [5.74, 6) is 1.04. The minimum Gasteiger partial charge on any atom is -0.382 e. The number of aryl methyl sites for hydroxylation is 2. The lowest BCUT2D eigenvalue weighted by Gasteiger charge is -2.18. The van der Waals surface area contributed by atoms with Crippen molar-refractivity contribution >= 4 is 11.3 Å². The van der Waals surface area contributed by atoms with Gasteiger partial charge in [0.2, 0.25) is 0 Å². The number of aromatic nitrogens is 2. The van der Waals surface area contributed by atoms with Crippen molar-refractivity contribution in [3.8, 4) is 10.8 Å². The molecular formula is C13H17N3O2S. The Morgan fingerprint density at radius 2 is 2.37 bits per heavy atom. The molecule has 19 heavy (non-hydrogen) atoms. The lowest BCUT2D eigenvalue weighted by Crippen LogP contribution is -2.38. The minimum atomic E-state index is -0.726. The van der Waals surface area contributed by atoms with Crippen molar-refractivity contribution in [2.24, 2.45) is 5.73 Å². The molecule has 6 heteroatoms. The topological polar surface area (TPSA) is 74.2 Å². The van der Waals surface area contributed by atoms with E-state index in [1.54, 1.807) is 18.4 Å². The molecule has 2 aromatic rings. The minimum absolute atomic E-state index is 0.354. The van der Waals surface area contributed by atoms with Crippen LogP contribution in [0, 0.1) is 0 Å². The summed E-state index contributed by atoms with van der Waals surface area (Å²) in [5, 5.41) is 3.98. The molecule has 2 heterocycles. The van der Waals surface area contributed by atoms with Crippen molar-refractivity contribution in [3.05, 3.63) is 22.3 Å². The van der Waals surface area contributed by atoms with Crippen LogP contribution in [0.5, 0.6) is 0 Å². The van der Waals surface area contributed by atoms with Crippen LogP contribution in [0.2, 0.25) is 0 Å². The van der Waals surface area contributed by atoms with Gasteiger partial charge < -0.3 is 15.0 Å². The van der Waals surface area contributed by atoms with Crippen LogP contribution in [-0.4, -0.2) is 23.9 Å². The summed E-state index contributed by atoms with van der Waals surface area (Å²) < 4.78 is 10.4. The average molecular weight is 279 g/mol. The van der Waals surface area contributed by atoms with E-state index in [2.05, 4.69) is 16.2 Å². The van der Waals surface area contributed by atoms with E-state index < -0.39 is 5.54 Å². The highest BCUT2D eigenvalue weighted by Gasteiger charge is 2.28. The van der Waals surface area contributed by atoms with Crippen molar-refractivity contribution < 1.29 is 9.26 Å². The van der Waals surface area contributed by atoms with Crippen LogP contribution in [0.1, 0.15) is 29.6 Å². The highest BCUT2D eigenvalue weighted by atomic mass is 32.1. The standard InChI is InChI=1S/C13H17N3O2S/c1-13(14,7-17-2)12-15-11(18-16-12)10-6-8-4-3-5-9(8)19-10/h6H,3-5,7,14H2,1-2H3. The number of methoxy groups -OCH3 is 1. The van der Waals surface area contributed by atoms with Gasteiger partial charge >= 0.3 is 0 Å². The molecule has 1 unspecified atom stereocenters. The Hall–Kier alpha value is -1.24. The Morgan fingerprint density at radius 1 is 1.53 bits per heavy atom. The van der Waals surface area contributed by atoms with Gasteiger partial charge in [-0.1, -0.05) is 5.16 Å². The average Bonchev–Trinajstić information content (AvgIpc) is 3.03. The molecule has 2 N–H and O–H groups in total. The van der Waals surface area contributed by atoms with E-state index >= 15 is 0 Å². The molecule has 0 fully saturated rings. The second-order valence-electron chi connectivity index (χ2n) is 5.19. The third kappa shape index (κ3) is 2.31. The van der Waals surface area contributed by atoms with Gasteiger partial charge in [0.1, 0.15) is 5.54 Å². The molecule has 0 aliphatic heterocycles. The maximum Gasteiger partial charge on any atom is 0.268 e. The molecule has 0 saturated carbocycles. The zero-order valence-electron chi connectivity index (χ0n) is 11.1. The molecule has 1 atom stereocenters. The zero-order valence-corrected chi connectivity index (χ0v) is 11.9. The Balaban J connectivity index is 1.88. The lowest BCUT2D eigenvalue weighted by molar-refractivity contribution is 0.135. The van der Waals surface area contributed by atoms with E-state index in [1.807, 2.05) is 6.92 Å². The van der Waals surface area contributed by atoms with E-state index in [4.69, 9.17) is 15.0 Å². The van der Waals surface area contributed by atoms with Crippen LogP contribution < -0.4 is 5.73 Å². The molecule has 102 valence electrons. The molecule has 5 nitrogen and oxygen atoms in total. The number of hydrogen-bond donors (Lipinski definition) is 1. The molecule has 0 aromatic carbocycles. The molecule has 0 amide bonds. The van der Waals surface area contributed by atoms with Gasteiger partial charge in [-0.15, -0.1) is 11.3 Å². The Morgan fingerprint density at radius 3 is 3.11 bits per heavy atom. The second-order valence-corrected chi connectivity index (χ2v) is 6.32. The summed E-state index contributed by atoms with van der Waals surface area (Å²) in [4.78, 5) is 6.90. The predicted molar refractivity (Wildman–Crippen MR) is 73.1 cm³/mol. The van der Waals surface area contributed by atoms with Crippen molar-refractivity contribution in [2.75, 3.05) is 13.7 Å². The molecule has 0 spiro atoms. The van der Waals surface area contributed by atoms with Gasteiger partial charge in [0, 0.05) is 12.0 Å². The Labute approximate surface area is 115 Å². The Bertz CT molecular complexity index is 567. The third-order valence-electron chi connectivity index (χ3n) is 3.34. The largest absolute Gasteiger partial charge is 0.382 e. The van der Waals surface area contributed by atoms with Gasteiger partial charge in [0.15, 0.2) is 5.82 Å². The first-order chi connectivity index (χ1) is 9.10. The van der Waals surface area contributed by atoms with Gasteiger partial charge in [-0.2, -0.15) is 4.98 Å². The number of rotatable bonds is 4. The lowest BCUT2D eigenvalue weighted by atomic mass is 10.1. The highest BCUT2D eigenvalue weighted by Crippen LogP contribution is 2.36. The van der Waals surface area contributed by atoms with E-state index in [0.29, 0.717) is 18.3 Å². The van der Waals surface area contributed by atoms with Crippen LogP contribution >= 0.6 is 11.3 Å². The van der Waals surface area contributed by atoms with Crippen molar-refractivity contribution in [2.45, 2.75) is 31.7 Å². The molecule has 3 rings (SSSR count). The van der Waals surface area contributed by atoms with Gasteiger partial charge in [-0.25, -0.2) is 0 Å². The number of fused-ring (bicyclic) bond motifs is 1. The van der Waals surface area contributed by atoms with Crippen molar-refractivity contribution in [1.82, 2.24) is 10.1 Å². The first-order valence-corrected chi connectivity index (χ1v) is 7.16. The summed E-state index contributed by atoms with van der Waals surface area (Å²) in [6.07, 6.45) is 3.58. The van der Waals surface area contributed by atoms with Gasteiger partial charge in [0.25, 0.3) is 5.89 Å². The Kier molecular flexibility index (Phi) is 3.16. The van der Waals surface area contributed by atoms with Crippen LogP contribution in [0.3, 0.4) is 0 Å². The number of nitrogens with two attached hydrogens (primary N) is 1. The fraction of sp³-hybridized carbons (Fsp3) is 0.538. The quantitative estimate of drug-likeness (QED) is 0.927. The molecule has 0 bridgehead atoms. The number of hydrogen-bond acceptors (Lipinski definition) is 6. The summed E-state index contributed by atoms with van der Waals surface area (Å²) >= 11 is 1.74. The van der Waals surface area contributed by atoms with E-state index in [1.165, 1.54) is 23.3 Å². The van der Waals surface area contributed by atoms with Crippen molar-refractivity contribution in [3.63, 3.8) is 0 Å². The summed E-state index contributed by atoms with van der Waals surface area (Å²) in [6, 6.07) is 2.16. The van der Waals surface area contributed by atoms with Crippen LogP contribution in [0.25, 0.3) is 10.8 Å². The smallest absolute Gasteiger partial charge is 0.268 e. The van der Waals surface area contributed by atoms with Crippen LogP contribution in [0.4, 0.5) is 0 Å². The number of ether oxygens (including phenoxy) is 1. The van der Waals surface area contributed by atoms with Gasteiger partial charge in [0.05, 0.1) is 11.5 Å². The molecule has 1 aliphatic rings. The fourth-order valence-corrected chi connectivity index (χ4v) is 3.53. The summed E-state index contributed by atoms with van der Waals surface area (Å²) in [7, 11) is 1.61. The van der Waals surface area contributed by atoms with E-state index in [9.17, 15) is 0 Å². The SMILES string of the molecule is COCC(C)(N)c1noc(-c2cc3c(s2)CCC3)n1. The molecule has 1 aliphatic carbocycles. The van der Waals surface area contributed by atoms with Crippen molar-refractivity contribution in [1.29, 1.82) is 0 Å². The highest BCUT2D eigenvalue weighted by molar-refractivity contribution is 7.15. The monoisotopic (exact) mass is 279 g/mol. The second kappa shape index (κ2) is 4.70. The molecule has 2 aromatic heterocycles. The predicted octanol–water partition coefficient (Wildman–Crippen LogP) is 2.11. The van der Waals surface area contributed by atoms with Crippen LogP contribution in [-0.2, 0) is 23.1 Å². The number of nitrogens with zero attached hydrogens (tertiary/aromatic N) is 2. The van der Waals surface area contributed by atoms with Crippen LogP contribution in [0.15, 0.2) is 10.6 Å².